The SMILES string of the molecule is COC(=O)Cc1cccc(-c2nc(N)nc(Nc3ccnc(C(F)(F)F)c3)n2)n1. The van der Waals surface area contributed by atoms with E-state index in [-0.39, 0.29) is 29.8 Å². The van der Waals surface area contributed by atoms with Gasteiger partial charge in [0, 0.05) is 11.9 Å². The normalized spacial score (nSPS) is 11.2. The molecule has 29 heavy (non-hydrogen) atoms. The van der Waals surface area contributed by atoms with Gasteiger partial charge >= 0.3 is 12.1 Å². The molecule has 9 nitrogen and oxygen atoms in total. The molecular weight excluding hydrogens is 391 g/mol. The Morgan fingerprint density at radius 3 is 2.69 bits per heavy atom. The van der Waals surface area contributed by atoms with Gasteiger partial charge in [0.2, 0.25) is 11.9 Å². The molecule has 0 fully saturated rings. The molecule has 3 N–H and O–H groups in total. The number of nitrogen functional groups attached to an aromatic ring is 1. The number of halogens is 3. The minimum absolute atomic E-state index is 0.0484. The fourth-order valence-electron chi connectivity index (χ4n) is 2.28. The number of nitrogens with zero attached hydrogens (tertiary/aromatic N) is 5. The fourth-order valence-corrected chi connectivity index (χ4v) is 2.28. The number of rotatable bonds is 5. The Morgan fingerprint density at radius 1 is 1.17 bits per heavy atom. The second-order valence-electron chi connectivity index (χ2n) is 5.66. The van der Waals surface area contributed by atoms with Crippen molar-refractivity contribution in [1.29, 1.82) is 0 Å². The minimum Gasteiger partial charge on any atom is -0.469 e. The molecular formula is C17H14F3N7O2. The van der Waals surface area contributed by atoms with E-state index < -0.39 is 17.8 Å². The molecule has 0 aromatic carbocycles. The van der Waals surface area contributed by atoms with Gasteiger partial charge < -0.3 is 15.8 Å². The number of nitrogens with one attached hydrogen (secondary N) is 1. The first kappa shape index (κ1) is 19.9. The number of methoxy groups -OCH3 is 1. The molecule has 0 bridgehead atoms. The van der Waals surface area contributed by atoms with Gasteiger partial charge in [-0.2, -0.15) is 28.1 Å². The molecule has 150 valence electrons. The zero-order valence-electron chi connectivity index (χ0n) is 14.9. The highest BCUT2D eigenvalue weighted by Crippen LogP contribution is 2.29. The number of alkyl halides is 3. The highest BCUT2D eigenvalue weighted by molar-refractivity contribution is 5.72. The minimum atomic E-state index is -4.59. The molecule has 0 atom stereocenters. The standard InChI is InChI=1S/C17H14F3N7O2/c1-29-13(28)8-9-3-2-4-11(23-9)14-25-15(21)27-16(26-14)24-10-5-6-22-12(7-10)17(18,19)20/h2-7H,8H2,1H3,(H3,21,22,24,25,26,27). The number of aromatic nitrogens is 5. The third-order valence-electron chi connectivity index (χ3n) is 3.55. The lowest BCUT2D eigenvalue weighted by atomic mass is 10.2. The van der Waals surface area contributed by atoms with Gasteiger partial charge in [-0.3, -0.25) is 9.78 Å². The summed E-state index contributed by atoms with van der Waals surface area (Å²) in [7, 11) is 1.26. The van der Waals surface area contributed by atoms with Crippen LogP contribution in [0.15, 0.2) is 36.5 Å². The molecule has 0 spiro atoms. The van der Waals surface area contributed by atoms with Crippen LogP contribution in [0.2, 0.25) is 0 Å². The summed E-state index contributed by atoms with van der Waals surface area (Å²) in [5, 5.41) is 2.64. The number of nitrogens with two attached hydrogens (primary N) is 1. The van der Waals surface area contributed by atoms with E-state index in [2.05, 4.69) is 35.0 Å². The van der Waals surface area contributed by atoms with Crippen LogP contribution in [0.1, 0.15) is 11.4 Å². The summed E-state index contributed by atoms with van der Waals surface area (Å²) in [6, 6.07) is 7.00. The van der Waals surface area contributed by atoms with Gasteiger partial charge in [-0.25, -0.2) is 4.98 Å². The van der Waals surface area contributed by atoms with Crippen LogP contribution in [-0.4, -0.2) is 38.0 Å². The number of ether oxygens (including phenoxy) is 1. The number of hydrogen-bond acceptors (Lipinski definition) is 9. The molecule has 3 aromatic rings. The van der Waals surface area contributed by atoms with Crippen molar-refractivity contribution in [3.63, 3.8) is 0 Å². The van der Waals surface area contributed by atoms with Crippen LogP contribution < -0.4 is 11.1 Å². The first-order chi connectivity index (χ1) is 13.7. The average molecular weight is 405 g/mol. The predicted octanol–water partition coefficient (Wildman–Crippen LogP) is 2.39. The Bertz CT molecular complexity index is 1040. The van der Waals surface area contributed by atoms with Crippen LogP contribution in [0.4, 0.5) is 30.8 Å². The van der Waals surface area contributed by atoms with E-state index in [0.717, 1.165) is 12.3 Å². The molecule has 0 saturated carbocycles. The maximum Gasteiger partial charge on any atom is 0.433 e. The lowest BCUT2D eigenvalue weighted by Gasteiger charge is -2.10. The van der Waals surface area contributed by atoms with Crippen LogP contribution in [0.5, 0.6) is 0 Å². The summed E-state index contributed by atoms with van der Waals surface area (Å²) in [6.45, 7) is 0. The van der Waals surface area contributed by atoms with E-state index in [1.807, 2.05) is 0 Å². The maximum atomic E-state index is 12.8. The summed E-state index contributed by atoms with van der Waals surface area (Å²) >= 11 is 0. The Kier molecular flexibility index (Phi) is 5.52. The second kappa shape index (κ2) is 8.04. The quantitative estimate of drug-likeness (QED) is 0.615. The number of hydrogen-bond donors (Lipinski definition) is 2. The summed E-state index contributed by atoms with van der Waals surface area (Å²) in [4.78, 5) is 31.0. The first-order valence-electron chi connectivity index (χ1n) is 8.09. The van der Waals surface area contributed by atoms with Gasteiger partial charge in [-0.15, -0.1) is 0 Å². The molecule has 0 amide bonds. The highest BCUT2D eigenvalue weighted by atomic mass is 19.4. The van der Waals surface area contributed by atoms with Crippen LogP contribution in [-0.2, 0) is 22.1 Å². The monoisotopic (exact) mass is 405 g/mol. The maximum absolute atomic E-state index is 12.8. The van der Waals surface area contributed by atoms with Crippen LogP contribution in [0.25, 0.3) is 11.5 Å². The molecule has 0 aliphatic rings. The summed E-state index contributed by atoms with van der Waals surface area (Å²) in [5.74, 6) is -0.628. The molecule has 0 aliphatic heterocycles. The molecule has 3 heterocycles. The zero-order chi connectivity index (χ0) is 21.0. The number of carbonyl (C=O) groups excluding carboxylic acids is 1. The third-order valence-corrected chi connectivity index (χ3v) is 3.55. The molecule has 12 heteroatoms. The van der Waals surface area contributed by atoms with Crippen LogP contribution in [0.3, 0.4) is 0 Å². The number of pyridine rings is 2. The topological polar surface area (TPSA) is 129 Å². The van der Waals surface area contributed by atoms with E-state index in [9.17, 15) is 18.0 Å². The summed E-state index contributed by atoms with van der Waals surface area (Å²) in [5.41, 5.74) is 5.41. The van der Waals surface area contributed by atoms with Crippen molar-refractivity contribution >= 4 is 23.6 Å². The van der Waals surface area contributed by atoms with Crippen molar-refractivity contribution < 1.29 is 22.7 Å². The van der Waals surface area contributed by atoms with Crippen LogP contribution >= 0.6 is 0 Å². The molecule has 3 rings (SSSR count). The van der Waals surface area contributed by atoms with Gasteiger partial charge in [0.15, 0.2) is 5.82 Å². The van der Waals surface area contributed by atoms with Crippen molar-refractivity contribution in [2.45, 2.75) is 12.6 Å². The van der Waals surface area contributed by atoms with E-state index in [4.69, 9.17) is 5.73 Å². The van der Waals surface area contributed by atoms with E-state index in [0.29, 0.717) is 11.4 Å². The van der Waals surface area contributed by atoms with E-state index in [1.165, 1.54) is 13.2 Å². The molecule has 0 saturated heterocycles. The highest BCUT2D eigenvalue weighted by Gasteiger charge is 2.32. The van der Waals surface area contributed by atoms with Crippen molar-refractivity contribution in [3.05, 3.63) is 47.9 Å². The smallest absolute Gasteiger partial charge is 0.433 e. The Hall–Kier alpha value is -3.83. The first-order valence-corrected chi connectivity index (χ1v) is 8.09. The summed E-state index contributed by atoms with van der Waals surface area (Å²) in [6.07, 6.45) is -3.63. The average Bonchev–Trinajstić information content (AvgIpc) is 2.67. The Balaban J connectivity index is 1.90. The van der Waals surface area contributed by atoms with Gasteiger partial charge in [0.05, 0.1) is 19.2 Å². The molecule has 0 aliphatic carbocycles. The van der Waals surface area contributed by atoms with Crippen molar-refractivity contribution in [3.8, 4) is 11.5 Å². The molecule has 0 radical (unpaired) electrons. The Morgan fingerprint density at radius 2 is 1.97 bits per heavy atom. The van der Waals surface area contributed by atoms with Crippen LogP contribution in [0, 0.1) is 0 Å². The number of carbonyl (C=O) groups is 1. The van der Waals surface area contributed by atoms with E-state index >= 15 is 0 Å². The molecule has 3 aromatic heterocycles. The van der Waals surface area contributed by atoms with Gasteiger partial charge in [-0.05, 0) is 24.3 Å². The largest absolute Gasteiger partial charge is 0.469 e. The Labute approximate surface area is 162 Å². The lowest BCUT2D eigenvalue weighted by molar-refractivity contribution is -0.141. The molecule has 0 unspecified atom stereocenters. The fraction of sp³-hybridized carbons (Fsp3) is 0.176. The lowest BCUT2D eigenvalue weighted by Crippen LogP contribution is -2.10. The van der Waals surface area contributed by atoms with Crippen molar-refractivity contribution in [1.82, 2.24) is 24.9 Å². The number of anilines is 3. The second-order valence-corrected chi connectivity index (χ2v) is 5.66. The van der Waals surface area contributed by atoms with Crippen molar-refractivity contribution in [2.24, 2.45) is 0 Å². The van der Waals surface area contributed by atoms with E-state index in [1.54, 1.807) is 18.2 Å². The number of esters is 1. The third kappa shape index (κ3) is 5.12. The predicted molar refractivity (Wildman–Crippen MR) is 95.7 cm³/mol. The van der Waals surface area contributed by atoms with Gasteiger partial charge in [-0.1, -0.05) is 6.07 Å². The van der Waals surface area contributed by atoms with Gasteiger partial charge in [0.25, 0.3) is 0 Å². The van der Waals surface area contributed by atoms with Crippen molar-refractivity contribution in [2.75, 3.05) is 18.2 Å². The zero-order valence-corrected chi connectivity index (χ0v) is 14.9. The summed E-state index contributed by atoms with van der Waals surface area (Å²) < 4.78 is 43.1. The van der Waals surface area contributed by atoms with Gasteiger partial charge in [0.1, 0.15) is 11.4 Å².